The topological polar surface area (TPSA) is 40.1 Å². The van der Waals surface area contributed by atoms with Crippen LogP contribution < -0.4 is 5.32 Å². The Morgan fingerprint density at radius 2 is 2.14 bits per heavy atom. The lowest BCUT2D eigenvalue weighted by Crippen LogP contribution is -2.41. The van der Waals surface area contributed by atoms with E-state index < -0.39 is 0 Å². The standard InChI is InChI=1S/C15H30N4O.HI/c1-4-16-15(17-10-14-6-5-8-18(14)2)19-9-7-13(11-19)12-20-3;/h13-14H,4-12H2,1-3H3,(H,16,17);1H. The number of rotatable bonds is 5. The van der Waals surface area contributed by atoms with Crippen LogP contribution in [0.3, 0.4) is 0 Å². The SMILES string of the molecule is CCNC(=NCC1CCCN1C)N1CCC(COC)C1.I. The van der Waals surface area contributed by atoms with Gasteiger partial charge in [0.05, 0.1) is 13.2 Å². The molecule has 0 spiro atoms. The highest BCUT2D eigenvalue weighted by atomic mass is 127. The molecule has 0 aromatic rings. The molecular weight excluding hydrogens is 379 g/mol. The average molecular weight is 410 g/mol. The molecule has 2 saturated heterocycles. The molecule has 2 aliphatic heterocycles. The molecule has 1 N–H and O–H groups in total. The fourth-order valence-electron chi connectivity index (χ4n) is 3.22. The van der Waals surface area contributed by atoms with Crippen LogP contribution in [0.4, 0.5) is 0 Å². The lowest BCUT2D eigenvalue weighted by molar-refractivity contribution is 0.157. The molecule has 0 bridgehead atoms. The number of likely N-dealkylation sites (N-methyl/N-ethyl adjacent to an activating group) is 1. The maximum Gasteiger partial charge on any atom is 0.193 e. The monoisotopic (exact) mass is 410 g/mol. The van der Waals surface area contributed by atoms with Crippen molar-refractivity contribution in [3.05, 3.63) is 0 Å². The van der Waals surface area contributed by atoms with E-state index in [1.807, 2.05) is 0 Å². The van der Waals surface area contributed by atoms with Gasteiger partial charge in [-0.1, -0.05) is 0 Å². The number of methoxy groups -OCH3 is 1. The third-order valence-corrected chi connectivity index (χ3v) is 4.45. The van der Waals surface area contributed by atoms with E-state index in [0.29, 0.717) is 12.0 Å². The molecule has 2 rings (SSSR count). The van der Waals surface area contributed by atoms with Crippen LogP contribution >= 0.6 is 24.0 Å². The fourth-order valence-corrected chi connectivity index (χ4v) is 3.22. The highest BCUT2D eigenvalue weighted by Gasteiger charge is 2.25. The smallest absolute Gasteiger partial charge is 0.193 e. The van der Waals surface area contributed by atoms with Crippen LogP contribution in [0.2, 0.25) is 0 Å². The zero-order chi connectivity index (χ0) is 14.4. The molecule has 21 heavy (non-hydrogen) atoms. The second-order valence-corrected chi connectivity index (χ2v) is 6.03. The molecule has 0 amide bonds. The summed E-state index contributed by atoms with van der Waals surface area (Å²) >= 11 is 0. The van der Waals surface area contributed by atoms with E-state index in [-0.39, 0.29) is 24.0 Å². The van der Waals surface area contributed by atoms with Crippen LogP contribution in [-0.4, -0.2) is 75.3 Å². The number of nitrogens with one attached hydrogen (secondary N) is 1. The molecule has 0 radical (unpaired) electrons. The summed E-state index contributed by atoms with van der Waals surface area (Å²) < 4.78 is 5.28. The maximum atomic E-state index is 5.28. The predicted octanol–water partition coefficient (Wildman–Crippen LogP) is 1.63. The fraction of sp³-hybridized carbons (Fsp3) is 0.933. The third-order valence-electron chi connectivity index (χ3n) is 4.45. The Balaban J connectivity index is 0.00000220. The summed E-state index contributed by atoms with van der Waals surface area (Å²) in [5, 5.41) is 3.44. The van der Waals surface area contributed by atoms with Crippen molar-refractivity contribution in [2.75, 3.05) is 53.5 Å². The number of nitrogens with zero attached hydrogens (tertiary/aromatic N) is 3. The summed E-state index contributed by atoms with van der Waals surface area (Å²) in [4.78, 5) is 9.70. The van der Waals surface area contributed by atoms with Gasteiger partial charge in [-0.3, -0.25) is 4.99 Å². The minimum Gasteiger partial charge on any atom is -0.384 e. The summed E-state index contributed by atoms with van der Waals surface area (Å²) in [6.07, 6.45) is 3.81. The highest BCUT2D eigenvalue weighted by molar-refractivity contribution is 14.0. The van der Waals surface area contributed by atoms with Crippen LogP contribution in [0.1, 0.15) is 26.2 Å². The maximum absolute atomic E-state index is 5.28. The Bertz CT molecular complexity index is 327. The van der Waals surface area contributed by atoms with E-state index in [4.69, 9.17) is 9.73 Å². The number of likely N-dealkylation sites (tertiary alicyclic amines) is 2. The van der Waals surface area contributed by atoms with Crippen molar-refractivity contribution in [3.63, 3.8) is 0 Å². The molecule has 0 aliphatic carbocycles. The van der Waals surface area contributed by atoms with E-state index in [0.717, 1.165) is 38.7 Å². The first-order valence-electron chi connectivity index (χ1n) is 7.97. The second kappa shape index (κ2) is 9.84. The summed E-state index contributed by atoms with van der Waals surface area (Å²) in [7, 11) is 4.00. The van der Waals surface area contributed by atoms with E-state index in [1.54, 1.807) is 7.11 Å². The molecule has 2 aliphatic rings. The normalized spacial score (nSPS) is 27.0. The Hall–Kier alpha value is -0.0800. The quantitative estimate of drug-likeness (QED) is 0.425. The molecule has 6 heteroatoms. The number of halogens is 1. The van der Waals surface area contributed by atoms with E-state index in [9.17, 15) is 0 Å². The van der Waals surface area contributed by atoms with Crippen molar-refractivity contribution >= 4 is 29.9 Å². The van der Waals surface area contributed by atoms with Gasteiger partial charge in [-0.15, -0.1) is 24.0 Å². The Kier molecular flexibility index (Phi) is 8.89. The van der Waals surface area contributed by atoms with Gasteiger partial charge in [0.1, 0.15) is 0 Å². The zero-order valence-electron chi connectivity index (χ0n) is 13.7. The minimum absolute atomic E-state index is 0. The molecule has 5 nitrogen and oxygen atoms in total. The number of guanidine groups is 1. The summed E-state index contributed by atoms with van der Waals surface area (Å²) in [5.41, 5.74) is 0. The van der Waals surface area contributed by atoms with Crippen LogP contribution in [-0.2, 0) is 4.74 Å². The number of hydrogen-bond acceptors (Lipinski definition) is 3. The highest BCUT2D eigenvalue weighted by Crippen LogP contribution is 2.18. The van der Waals surface area contributed by atoms with E-state index in [2.05, 4.69) is 29.1 Å². The molecule has 2 heterocycles. The Labute approximate surface area is 146 Å². The summed E-state index contributed by atoms with van der Waals surface area (Å²) in [6.45, 7) is 8.24. The molecule has 0 aromatic carbocycles. The van der Waals surface area contributed by atoms with Crippen LogP contribution in [0.5, 0.6) is 0 Å². The summed E-state index contributed by atoms with van der Waals surface area (Å²) in [5.74, 6) is 1.74. The van der Waals surface area contributed by atoms with Crippen molar-refractivity contribution in [1.82, 2.24) is 15.1 Å². The summed E-state index contributed by atoms with van der Waals surface area (Å²) in [6, 6.07) is 0.626. The number of ether oxygens (including phenoxy) is 1. The Morgan fingerprint density at radius 3 is 2.76 bits per heavy atom. The van der Waals surface area contributed by atoms with Crippen molar-refractivity contribution in [2.45, 2.75) is 32.2 Å². The largest absolute Gasteiger partial charge is 0.384 e. The van der Waals surface area contributed by atoms with Crippen molar-refractivity contribution in [2.24, 2.45) is 10.9 Å². The van der Waals surface area contributed by atoms with Crippen molar-refractivity contribution in [1.29, 1.82) is 0 Å². The third kappa shape index (κ3) is 5.56. The second-order valence-electron chi connectivity index (χ2n) is 6.03. The van der Waals surface area contributed by atoms with Gasteiger partial charge in [-0.25, -0.2) is 0 Å². The molecule has 2 fully saturated rings. The molecular formula is C15H31IN4O. The van der Waals surface area contributed by atoms with Crippen molar-refractivity contribution < 1.29 is 4.74 Å². The molecule has 124 valence electrons. The Morgan fingerprint density at radius 1 is 1.33 bits per heavy atom. The van der Waals surface area contributed by atoms with Crippen LogP contribution in [0, 0.1) is 5.92 Å². The predicted molar refractivity (Wildman–Crippen MR) is 98.6 cm³/mol. The van der Waals surface area contributed by atoms with Gasteiger partial charge in [0.2, 0.25) is 0 Å². The van der Waals surface area contributed by atoms with Crippen LogP contribution in [0.15, 0.2) is 4.99 Å². The van der Waals surface area contributed by atoms with Gasteiger partial charge in [0.25, 0.3) is 0 Å². The molecule has 2 atom stereocenters. The van der Waals surface area contributed by atoms with Gasteiger partial charge >= 0.3 is 0 Å². The molecule has 2 unspecified atom stereocenters. The minimum atomic E-state index is 0. The van der Waals surface area contributed by atoms with E-state index in [1.165, 1.54) is 25.8 Å². The lowest BCUT2D eigenvalue weighted by atomic mass is 10.1. The number of hydrogen-bond donors (Lipinski definition) is 1. The zero-order valence-corrected chi connectivity index (χ0v) is 16.0. The first-order chi connectivity index (χ1) is 9.74. The van der Waals surface area contributed by atoms with Gasteiger partial charge in [0.15, 0.2) is 5.96 Å². The van der Waals surface area contributed by atoms with Gasteiger partial charge in [-0.2, -0.15) is 0 Å². The van der Waals surface area contributed by atoms with Crippen molar-refractivity contribution in [3.8, 4) is 0 Å². The number of aliphatic imine (C=N–C) groups is 1. The van der Waals surface area contributed by atoms with Gasteiger partial charge < -0.3 is 19.9 Å². The first kappa shape index (κ1) is 19.0. The lowest BCUT2D eigenvalue weighted by Gasteiger charge is -2.23. The van der Waals surface area contributed by atoms with Gasteiger partial charge in [-0.05, 0) is 39.8 Å². The average Bonchev–Trinajstić information content (AvgIpc) is 3.05. The molecule has 0 saturated carbocycles. The van der Waals surface area contributed by atoms with E-state index >= 15 is 0 Å². The van der Waals surface area contributed by atoms with Gasteiger partial charge in [0, 0.05) is 38.7 Å². The van der Waals surface area contributed by atoms with Crippen LogP contribution in [0.25, 0.3) is 0 Å². The molecule has 0 aromatic heterocycles. The first-order valence-corrected chi connectivity index (χ1v) is 7.97.